The molecular weight excluding hydrogens is 340 g/mol. The topological polar surface area (TPSA) is 95.5 Å². The fourth-order valence-corrected chi connectivity index (χ4v) is 3.04. The zero-order valence-corrected chi connectivity index (χ0v) is 15.0. The summed E-state index contributed by atoms with van der Waals surface area (Å²) in [6, 6.07) is 12.4. The summed E-state index contributed by atoms with van der Waals surface area (Å²) in [7, 11) is -3.89. The Balaban J connectivity index is 2.01. The van der Waals surface area contributed by atoms with Gasteiger partial charge in [-0.05, 0) is 48.6 Å². The van der Waals surface area contributed by atoms with E-state index in [0.717, 1.165) is 18.4 Å². The molecule has 0 fully saturated rings. The maximum atomic E-state index is 12.2. The van der Waals surface area contributed by atoms with E-state index in [9.17, 15) is 18.3 Å². The van der Waals surface area contributed by atoms with Gasteiger partial charge in [0.05, 0.1) is 10.5 Å². The minimum atomic E-state index is -3.89. The lowest BCUT2D eigenvalue weighted by molar-refractivity contribution is 0.0942. The van der Waals surface area contributed by atoms with Crippen LogP contribution in [-0.2, 0) is 16.4 Å². The Hall–Kier alpha value is -2.38. The van der Waals surface area contributed by atoms with E-state index in [1.54, 1.807) is 24.3 Å². The van der Waals surface area contributed by atoms with E-state index in [0.29, 0.717) is 5.92 Å². The van der Waals surface area contributed by atoms with Crippen LogP contribution in [0.1, 0.15) is 36.2 Å². The quantitative estimate of drug-likeness (QED) is 0.660. The zero-order valence-electron chi connectivity index (χ0n) is 14.2. The van der Waals surface area contributed by atoms with Gasteiger partial charge in [-0.3, -0.25) is 10.2 Å². The first-order valence-electron chi connectivity index (χ1n) is 7.98. The van der Waals surface area contributed by atoms with Gasteiger partial charge in [0.25, 0.3) is 15.9 Å². The molecule has 0 atom stereocenters. The third kappa shape index (κ3) is 5.30. The van der Waals surface area contributed by atoms with Gasteiger partial charge < -0.3 is 5.11 Å². The zero-order chi connectivity index (χ0) is 18.4. The molecule has 25 heavy (non-hydrogen) atoms. The molecular formula is C18H22N2O4S. The largest absolute Gasteiger partial charge is 0.507 e. The summed E-state index contributed by atoms with van der Waals surface area (Å²) in [6.45, 7) is 4.27. The van der Waals surface area contributed by atoms with E-state index in [1.165, 1.54) is 24.3 Å². The number of hydrogen-bond donors (Lipinski definition) is 3. The first kappa shape index (κ1) is 19.0. The number of para-hydroxylation sites is 1. The molecule has 0 aliphatic carbocycles. The predicted molar refractivity (Wildman–Crippen MR) is 95.5 cm³/mol. The monoisotopic (exact) mass is 362 g/mol. The molecule has 7 heteroatoms. The molecule has 2 aromatic carbocycles. The fraction of sp³-hybridized carbons (Fsp3) is 0.278. The molecule has 0 saturated heterocycles. The van der Waals surface area contributed by atoms with Crippen molar-refractivity contribution in [3.63, 3.8) is 0 Å². The number of phenolic OH excluding ortho intramolecular Hbond substituents is 1. The highest BCUT2D eigenvalue weighted by molar-refractivity contribution is 7.89. The molecule has 0 saturated carbocycles. The van der Waals surface area contributed by atoms with E-state index in [-0.39, 0.29) is 16.2 Å². The smallest absolute Gasteiger partial charge is 0.269 e. The minimum Gasteiger partial charge on any atom is -0.507 e. The van der Waals surface area contributed by atoms with Crippen LogP contribution in [0.2, 0.25) is 0 Å². The van der Waals surface area contributed by atoms with Gasteiger partial charge in [-0.2, -0.15) is 0 Å². The first-order valence-corrected chi connectivity index (χ1v) is 9.47. The van der Waals surface area contributed by atoms with Gasteiger partial charge in [-0.15, -0.1) is 4.83 Å². The van der Waals surface area contributed by atoms with Crippen molar-refractivity contribution < 1.29 is 18.3 Å². The van der Waals surface area contributed by atoms with E-state index in [4.69, 9.17) is 0 Å². The van der Waals surface area contributed by atoms with Gasteiger partial charge in [0.2, 0.25) is 0 Å². The Morgan fingerprint density at radius 2 is 1.72 bits per heavy atom. The van der Waals surface area contributed by atoms with Gasteiger partial charge in [-0.1, -0.05) is 38.1 Å². The number of carbonyl (C=O) groups excluding carboxylic acids is 1. The maximum absolute atomic E-state index is 12.2. The van der Waals surface area contributed by atoms with Crippen LogP contribution in [0.4, 0.5) is 0 Å². The molecule has 0 bridgehead atoms. The van der Waals surface area contributed by atoms with E-state index >= 15 is 0 Å². The number of hydrazine groups is 1. The summed E-state index contributed by atoms with van der Waals surface area (Å²) in [5.74, 6) is -0.390. The summed E-state index contributed by atoms with van der Waals surface area (Å²) in [5.41, 5.74) is 3.14. The van der Waals surface area contributed by atoms with E-state index < -0.39 is 15.9 Å². The molecule has 0 heterocycles. The third-order valence-corrected chi connectivity index (χ3v) is 4.96. The second-order valence-electron chi connectivity index (χ2n) is 6.15. The van der Waals surface area contributed by atoms with Crippen LogP contribution in [0.5, 0.6) is 5.75 Å². The normalized spacial score (nSPS) is 11.5. The molecule has 0 unspecified atom stereocenters. The molecule has 6 nitrogen and oxygen atoms in total. The number of benzene rings is 2. The Kier molecular flexibility index (Phi) is 6.17. The summed E-state index contributed by atoms with van der Waals surface area (Å²) >= 11 is 0. The van der Waals surface area contributed by atoms with Crippen molar-refractivity contribution >= 4 is 15.9 Å². The standard InChI is InChI=1S/C18H22N2O4S/c1-13(2)7-8-14-9-11-15(12-10-14)25(23,24)20-19-18(22)16-5-3-4-6-17(16)21/h3-6,9-13,20-21H,7-8H2,1-2H3,(H,19,22). The summed E-state index contributed by atoms with van der Waals surface area (Å²) in [4.78, 5) is 14.0. The molecule has 0 aliphatic heterocycles. The first-order chi connectivity index (χ1) is 11.8. The summed E-state index contributed by atoms with van der Waals surface area (Å²) < 4.78 is 24.5. The number of nitrogens with one attached hydrogen (secondary N) is 2. The van der Waals surface area contributed by atoms with Gasteiger partial charge in [0, 0.05) is 0 Å². The average Bonchev–Trinajstić information content (AvgIpc) is 2.59. The Bertz CT molecular complexity index is 830. The van der Waals surface area contributed by atoms with E-state index in [2.05, 4.69) is 19.3 Å². The molecule has 3 N–H and O–H groups in total. The van der Waals surface area contributed by atoms with Gasteiger partial charge in [-0.25, -0.2) is 8.42 Å². The SMILES string of the molecule is CC(C)CCc1ccc(S(=O)(=O)NNC(=O)c2ccccc2O)cc1. The average molecular weight is 362 g/mol. The lowest BCUT2D eigenvalue weighted by Gasteiger charge is -2.10. The second kappa shape index (κ2) is 8.13. The molecule has 0 radical (unpaired) electrons. The number of carbonyl (C=O) groups is 1. The molecule has 0 aliphatic rings. The number of sulfonamides is 1. The molecule has 2 aromatic rings. The Labute approximate surface area is 147 Å². The maximum Gasteiger partial charge on any atom is 0.269 e. The Morgan fingerprint density at radius 3 is 2.32 bits per heavy atom. The van der Waals surface area contributed by atoms with Crippen molar-refractivity contribution in [2.24, 2.45) is 5.92 Å². The molecule has 1 amide bonds. The second-order valence-corrected chi connectivity index (χ2v) is 7.84. The highest BCUT2D eigenvalue weighted by Crippen LogP contribution is 2.16. The number of rotatable bonds is 7. The van der Waals surface area contributed by atoms with Crippen LogP contribution in [0.25, 0.3) is 0 Å². The molecule has 2 rings (SSSR count). The molecule has 0 aromatic heterocycles. The predicted octanol–water partition coefficient (Wildman–Crippen LogP) is 2.60. The van der Waals surface area contributed by atoms with Crippen LogP contribution in [0.15, 0.2) is 53.4 Å². The van der Waals surface area contributed by atoms with Gasteiger partial charge >= 0.3 is 0 Å². The van der Waals surface area contributed by atoms with Crippen LogP contribution in [0, 0.1) is 5.92 Å². The minimum absolute atomic E-state index is 0.0192. The lowest BCUT2D eigenvalue weighted by atomic mass is 10.0. The van der Waals surface area contributed by atoms with Crippen molar-refractivity contribution in [3.8, 4) is 5.75 Å². The summed E-state index contributed by atoms with van der Waals surface area (Å²) in [5, 5.41) is 9.61. The van der Waals surface area contributed by atoms with Gasteiger partial charge in [0.15, 0.2) is 0 Å². The van der Waals surface area contributed by atoms with Crippen LogP contribution in [-0.4, -0.2) is 19.4 Å². The van der Waals surface area contributed by atoms with Crippen molar-refractivity contribution in [1.82, 2.24) is 10.3 Å². The van der Waals surface area contributed by atoms with Gasteiger partial charge in [0.1, 0.15) is 5.75 Å². The highest BCUT2D eigenvalue weighted by Gasteiger charge is 2.17. The number of amides is 1. The lowest BCUT2D eigenvalue weighted by Crippen LogP contribution is -2.41. The van der Waals surface area contributed by atoms with Crippen LogP contribution < -0.4 is 10.3 Å². The van der Waals surface area contributed by atoms with Crippen molar-refractivity contribution in [2.75, 3.05) is 0 Å². The fourth-order valence-electron chi connectivity index (χ4n) is 2.20. The summed E-state index contributed by atoms with van der Waals surface area (Å²) in [6.07, 6.45) is 1.91. The number of aromatic hydroxyl groups is 1. The number of hydrogen-bond acceptors (Lipinski definition) is 4. The van der Waals surface area contributed by atoms with E-state index in [1.807, 2.05) is 4.83 Å². The van der Waals surface area contributed by atoms with Crippen LogP contribution in [0.3, 0.4) is 0 Å². The number of aryl methyl sites for hydroxylation is 1. The molecule has 134 valence electrons. The Morgan fingerprint density at radius 1 is 1.08 bits per heavy atom. The van der Waals surface area contributed by atoms with Crippen LogP contribution >= 0.6 is 0 Å². The number of phenols is 1. The third-order valence-electron chi connectivity index (χ3n) is 3.69. The van der Waals surface area contributed by atoms with Crippen molar-refractivity contribution in [2.45, 2.75) is 31.6 Å². The molecule has 0 spiro atoms. The highest BCUT2D eigenvalue weighted by atomic mass is 32.2. The van der Waals surface area contributed by atoms with Crippen molar-refractivity contribution in [1.29, 1.82) is 0 Å². The van der Waals surface area contributed by atoms with Crippen molar-refractivity contribution in [3.05, 3.63) is 59.7 Å².